The molecular weight excluding hydrogens is 368 g/mol. The van der Waals surface area contributed by atoms with Crippen molar-refractivity contribution in [2.45, 2.75) is 58.0 Å². The number of fused-ring (bicyclic) bond motifs is 1. The normalized spacial score (nSPS) is 15.1. The summed E-state index contributed by atoms with van der Waals surface area (Å²) in [6.45, 7) is 4.35. The molecule has 152 valence electrons. The Balaban J connectivity index is 1.40. The van der Waals surface area contributed by atoms with Gasteiger partial charge < -0.3 is 15.7 Å². The summed E-state index contributed by atoms with van der Waals surface area (Å²) in [6, 6.07) is 9.79. The molecule has 0 bridgehead atoms. The summed E-state index contributed by atoms with van der Waals surface area (Å²) < 4.78 is 0. The Bertz CT molecular complexity index is 721. The van der Waals surface area contributed by atoms with Gasteiger partial charge in [0.05, 0.1) is 16.8 Å². The molecule has 1 aliphatic rings. The molecule has 2 aromatic rings. The van der Waals surface area contributed by atoms with Crippen LogP contribution < -0.4 is 10.6 Å². The number of thiazole rings is 1. The first-order valence-corrected chi connectivity index (χ1v) is 11.3. The number of nitrogens with one attached hydrogen (secondary N) is 2. The highest BCUT2D eigenvalue weighted by atomic mass is 32.1. The van der Waals surface area contributed by atoms with Gasteiger partial charge in [0.2, 0.25) is 0 Å². The number of aryl methyl sites for hydroxylation is 3. The van der Waals surface area contributed by atoms with E-state index in [-0.39, 0.29) is 0 Å². The number of aliphatic hydroxyl groups is 1. The molecule has 6 heteroatoms. The van der Waals surface area contributed by atoms with Crippen molar-refractivity contribution in [1.82, 2.24) is 15.6 Å². The molecule has 3 rings (SSSR count). The number of rotatable bonds is 9. The molecule has 0 radical (unpaired) electrons. The van der Waals surface area contributed by atoms with Crippen molar-refractivity contribution in [3.8, 4) is 0 Å². The molecule has 1 atom stereocenters. The van der Waals surface area contributed by atoms with E-state index in [0.29, 0.717) is 13.0 Å². The summed E-state index contributed by atoms with van der Waals surface area (Å²) in [5, 5.41) is 18.1. The third-order valence-electron chi connectivity index (χ3n) is 4.95. The maximum absolute atomic E-state index is 10.3. The number of aliphatic imine (C=N–C) groups is 1. The predicted molar refractivity (Wildman–Crippen MR) is 117 cm³/mol. The molecule has 1 aromatic heterocycles. The molecule has 0 saturated carbocycles. The molecule has 1 aliphatic carbocycles. The maximum atomic E-state index is 10.3. The SMILES string of the molecule is CCNC(=NCCCc1nc2c(s1)CCCC2)NCCC(O)c1ccccc1. The van der Waals surface area contributed by atoms with Crippen LogP contribution in [-0.2, 0) is 19.3 Å². The molecule has 0 spiro atoms. The Morgan fingerprint density at radius 1 is 1.21 bits per heavy atom. The van der Waals surface area contributed by atoms with E-state index in [2.05, 4.69) is 22.5 Å². The molecule has 1 aromatic carbocycles. The molecule has 1 unspecified atom stereocenters. The predicted octanol–water partition coefficient (Wildman–Crippen LogP) is 3.63. The van der Waals surface area contributed by atoms with Crippen LogP contribution in [0.4, 0.5) is 0 Å². The fraction of sp³-hybridized carbons (Fsp3) is 0.545. The summed E-state index contributed by atoms with van der Waals surface area (Å²) in [7, 11) is 0. The second-order valence-corrected chi connectivity index (χ2v) is 8.36. The van der Waals surface area contributed by atoms with Crippen molar-refractivity contribution in [1.29, 1.82) is 0 Å². The first kappa shape index (κ1) is 20.8. The average molecular weight is 401 g/mol. The molecule has 3 N–H and O–H groups in total. The Morgan fingerprint density at radius 3 is 2.82 bits per heavy atom. The second kappa shape index (κ2) is 11.2. The minimum absolute atomic E-state index is 0.451. The summed E-state index contributed by atoms with van der Waals surface area (Å²) >= 11 is 1.90. The van der Waals surface area contributed by atoms with E-state index in [1.165, 1.54) is 34.8 Å². The summed E-state index contributed by atoms with van der Waals surface area (Å²) in [4.78, 5) is 11.0. The van der Waals surface area contributed by atoms with E-state index >= 15 is 0 Å². The number of hydrogen-bond donors (Lipinski definition) is 3. The fourth-order valence-electron chi connectivity index (χ4n) is 3.44. The number of benzene rings is 1. The van der Waals surface area contributed by atoms with E-state index in [0.717, 1.165) is 43.9 Å². The maximum Gasteiger partial charge on any atom is 0.191 e. The zero-order valence-electron chi connectivity index (χ0n) is 16.8. The number of guanidine groups is 1. The second-order valence-electron chi connectivity index (χ2n) is 7.19. The Hall–Kier alpha value is -1.92. The highest BCUT2D eigenvalue weighted by Gasteiger charge is 2.14. The monoisotopic (exact) mass is 400 g/mol. The van der Waals surface area contributed by atoms with Gasteiger partial charge in [-0.25, -0.2) is 4.98 Å². The van der Waals surface area contributed by atoms with Crippen LogP contribution in [0.3, 0.4) is 0 Å². The molecule has 0 amide bonds. The van der Waals surface area contributed by atoms with Gasteiger partial charge >= 0.3 is 0 Å². The van der Waals surface area contributed by atoms with Gasteiger partial charge in [0.25, 0.3) is 0 Å². The van der Waals surface area contributed by atoms with E-state index in [9.17, 15) is 5.11 Å². The average Bonchev–Trinajstić information content (AvgIpc) is 3.14. The van der Waals surface area contributed by atoms with Crippen molar-refractivity contribution >= 4 is 17.3 Å². The standard InChI is InChI=1S/C22H32N4OS/c1-2-23-22(25-16-14-19(27)17-9-4-3-5-10-17)24-15-8-13-21-26-18-11-6-7-12-20(18)28-21/h3-5,9-10,19,27H,2,6-8,11-16H2,1H3,(H2,23,24,25). The fourth-order valence-corrected chi connectivity index (χ4v) is 4.64. The van der Waals surface area contributed by atoms with Crippen molar-refractivity contribution in [3.63, 3.8) is 0 Å². The van der Waals surface area contributed by atoms with Crippen LogP contribution in [0.15, 0.2) is 35.3 Å². The van der Waals surface area contributed by atoms with Crippen molar-refractivity contribution in [2.75, 3.05) is 19.6 Å². The van der Waals surface area contributed by atoms with Gasteiger partial charge in [-0.1, -0.05) is 30.3 Å². The lowest BCUT2D eigenvalue weighted by Crippen LogP contribution is -2.38. The molecule has 5 nitrogen and oxygen atoms in total. The van der Waals surface area contributed by atoms with Crippen LogP contribution in [-0.4, -0.2) is 35.7 Å². The van der Waals surface area contributed by atoms with E-state index in [1.807, 2.05) is 41.7 Å². The van der Waals surface area contributed by atoms with Crippen LogP contribution in [0.2, 0.25) is 0 Å². The quantitative estimate of drug-likeness (QED) is 0.341. The zero-order chi connectivity index (χ0) is 19.6. The van der Waals surface area contributed by atoms with Crippen LogP contribution in [0.1, 0.15) is 59.9 Å². The third kappa shape index (κ3) is 6.31. The highest BCUT2D eigenvalue weighted by Crippen LogP contribution is 2.27. The first-order chi connectivity index (χ1) is 13.8. The summed E-state index contributed by atoms with van der Waals surface area (Å²) in [5.41, 5.74) is 2.30. The largest absolute Gasteiger partial charge is 0.388 e. The van der Waals surface area contributed by atoms with Gasteiger partial charge in [-0.3, -0.25) is 4.99 Å². The van der Waals surface area contributed by atoms with Gasteiger partial charge in [0.15, 0.2) is 5.96 Å². The Kier molecular flexibility index (Phi) is 8.30. The zero-order valence-corrected chi connectivity index (χ0v) is 17.6. The van der Waals surface area contributed by atoms with Crippen molar-refractivity contribution < 1.29 is 5.11 Å². The van der Waals surface area contributed by atoms with Crippen molar-refractivity contribution in [3.05, 3.63) is 51.5 Å². The smallest absolute Gasteiger partial charge is 0.191 e. The van der Waals surface area contributed by atoms with Gasteiger partial charge in [0.1, 0.15) is 0 Å². The van der Waals surface area contributed by atoms with E-state index < -0.39 is 6.10 Å². The van der Waals surface area contributed by atoms with E-state index in [1.54, 1.807) is 0 Å². The molecule has 0 fully saturated rings. The van der Waals surface area contributed by atoms with Gasteiger partial charge in [-0.15, -0.1) is 11.3 Å². The number of nitrogens with zero attached hydrogens (tertiary/aromatic N) is 2. The molecular formula is C22H32N4OS. The molecule has 0 aliphatic heterocycles. The minimum atomic E-state index is -0.451. The lowest BCUT2D eigenvalue weighted by Gasteiger charge is -2.14. The van der Waals surface area contributed by atoms with Crippen LogP contribution in [0.25, 0.3) is 0 Å². The lowest BCUT2D eigenvalue weighted by molar-refractivity contribution is 0.168. The van der Waals surface area contributed by atoms with Gasteiger partial charge in [-0.2, -0.15) is 0 Å². The van der Waals surface area contributed by atoms with Crippen molar-refractivity contribution in [2.24, 2.45) is 4.99 Å². The summed E-state index contributed by atoms with van der Waals surface area (Å²) in [5.74, 6) is 0.821. The number of hydrogen-bond acceptors (Lipinski definition) is 4. The molecule has 0 saturated heterocycles. The first-order valence-electron chi connectivity index (χ1n) is 10.5. The highest BCUT2D eigenvalue weighted by molar-refractivity contribution is 7.11. The Labute approximate surface area is 172 Å². The van der Waals surface area contributed by atoms with Gasteiger partial charge in [-0.05, 0) is 51.0 Å². The van der Waals surface area contributed by atoms with E-state index in [4.69, 9.17) is 4.98 Å². The van der Waals surface area contributed by atoms with Crippen LogP contribution in [0.5, 0.6) is 0 Å². The third-order valence-corrected chi connectivity index (χ3v) is 6.16. The minimum Gasteiger partial charge on any atom is -0.388 e. The Morgan fingerprint density at radius 2 is 2.04 bits per heavy atom. The molecule has 1 heterocycles. The van der Waals surface area contributed by atoms with Gasteiger partial charge in [0, 0.05) is 30.9 Å². The molecule has 28 heavy (non-hydrogen) atoms. The van der Waals surface area contributed by atoms with Crippen LogP contribution >= 0.6 is 11.3 Å². The topological polar surface area (TPSA) is 69.5 Å². The summed E-state index contributed by atoms with van der Waals surface area (Å²) in [6.07, 6.45) is 7.20. The number of aromatic nitrogens is 1. The van der Waals surface area contributed by atoms with Crippen LogP contribution in [0, 0.1) is 0 Å². The lowest BCUT2D eigenvalue weighted by atomic mass is 10.0. The number of aliphatic hydroxyl groups excluding tert-OH is 1.